The number of amides is 1. The predicted octanol–water partition coefficient (Wildman–Crippen LogP) is 1.19. The molecule has 1 fully saturated rings. The number of ether oxygens (including phenoxy) is 1. The molecule has 13 heteroatoms. The van der Waals surface area contributed by atoms with Gasteiger partial charge in [-0.1, -0.05) is 30.3 Å². The average molecular weight is 442 g/mol. The zero-order valence-corrected chi connectivity index (χ0v) is 16.1. The molecule has 1 heterocycles. The highest BCUT2D eigenvalue weighted by atomic mass is 32.2. The van der Waals surface area contributed by atoms with Gasteiger partial charge < -0.3 is 20.5 Å². The lowest BCUT2D eigenvalue weighted by Crippen LogP contribution is -2.33. The minimum absolute atomic E-state index is 0.0253. The zero-order valence-electron chi connectivity index (χ0n) is 15.3. The van der Waals surface area contributed by atoms with Crippen LogP contribution in [-0.4, -0.2) is 68.7 Å². The predicted molar refractivity (Wildman–Crippen MR) is 94.2 cm³/mol. The molecule has 2 atom stereocenters. The van der Waals surface area contributed by atoms with Crippen molar-refractivity contribution in [1.29, 1.82) is 0 Å². The second kappa shape index (κ2) is 10.4. The summed E-state index contributed by atoms with van der Waals surface area (Å²) in [4.78, 5) is 22.4. The third kappa shape index (κ3) is 9.58. The number of benzene rings is 1. The van der Waals surface area contributed by atoms with Gasteiger partial charge in [-0.25, -0.2) is 9.59 Å². The van der Waals surface area contributed by atoms with Gasteiger partial charge in [0.15, 0.2) is 0 Å². The number of carboxylic acids is 1. The van der Waals surface area contributed by atoms with Crippen LogP contribution in [0.4, 0.5) is 18.0 Å². The molecular weight excluding hydrogens is 421 g/mol. The van der Waals surface area contributed by atoms with Crippen LogP contribution < -0.4 is 5.73 Å². The van der Waals surface area contributed by atoms with Crippen molar-refractivity contribution in [2.45, 2.75) is 18.8 Å². The monoisotopic (exact) mass is 442 g/mol. The van der Waals surface area contributed by atoms with Crippen molar-refractivity contribution in [2.75, 3.05) is 26.0 Å². The molecule has 9 nitrogen and oxygen atoms in total. The molecule has 1 aliphatic heterocycles. The highest BCUT2D eigenvalue weighted by molar-refractivity contribution is 7.85. The number of halogens is 3. The first kappa shape index (κ1) is 24.7. The lowest BCUT2D eigenvalue weighted by atomic mass is 10.1. The molecule has 1 amide bonds. The summed E-state index contributed by atoms with van der Waals surface area (Å²) >= 11 is 0. The Kier molecular flexibility index (Phi) is 8.85. The van der Waals surface area contributed by atoms with Crippen LogP contribution in [0.5, 0.6) is 0 Å². The largest absolute Gasteiger partial charge is 0.490 e. The summed E-state index contributed by atoms with van der Waals surface area (Å²) in [5.74, 6) is -2.98. The summed E-state index contributed by atoms with van der Waals surface area (Å²) in [7, 11) is -3.51. The maximum atomic E-state index is 12.0. The Bertz CT molecular complexity index is 787. The number of likely N-dealkylation sites (tertiary alicyclic amines) is 1. The van der Waals surface area contributed by atoms with Crippen molar-refractivity contribution >= 4 is 22.2 Å². The molecule has 0 bridgehead atoms. The van der Waals surface area contributed by atoms with Crippen molar-refractivity contribution in [3.63, 3.8) is 0 Å². The van der Waals surface area contributed by atoms with Crippen molar-refractivity contribution in [2.24, 2.45) is 11.7 Å². The fraction of sp³-hybridized carbons (Fsp3) is 0.500. The molecular formula is C16H21F3N2O7S. The Morgan fingerprint density at radius 2 is 1.79 bits per heavy atom. The Labute approximate surface area is 165 Å². The van der Waals surface area contributed by atoms with Crippen molar-refractivity contribution in [3.05, 3.63) is 35.9 Å². The van der Waals surface area contributed by atoms with Gasteiger partial charge >= 0.3 is 18.2 Å². The quantitative estimate of drug-likeness (QED) is 0.649. The Morgan fingerprint density at radius 3 is 2.28 bits per heavy atom. The van der Waals surface area contributed by atoms with Crippen LogP contribution in [0.3, 0.4) is 0 Å². The maximum absolute atomic E-state index is 12.0. The van der Waals surface area contributed by atoms with Gasteiger partial charge in [0.2, 0.25) is 0 Å². The minimum Gasteiger partial charge on any atom is -0.475 e. The second-order valence-electron chi connectivity index (χ2n) is 6.16. The third-order valence-corrected chi connectivity index (χ3v) is 4.26. The first-order valence-electron chi connectivity index (χ1n) is 8.15. The van der Waals surface area contributed by atoms with E-state index in [-0.39, 0.29) is 25.2 Å². The number of carboxylic acid groups (broad SMARTS) is 1. The van der Waals surface area contributed by atoms with Gasteiger partial charge in [0, 0.05) is 25.0 Å². The van der Waals surface area contributed by atoms with Crippen LogP contribution in [0.25, 0.3) is 0 Å². The van der Waals surface area contributed by atoms with Gasteiger partial charge in [-0.3, -0.25) is 4.18 Å². The molecule has 29 heavy (non-hydrogen) atoms. The van der Waals surface area contributed by atoms with E-state index < -0.39 is 28.4 Å². The highest BCUT2D eigenvalue weighted by Crippen LogP contribution is 2.18. The summed E-state index contributed by atoms with van der Waals surface area (Å²) in [5, 5.41) is 7.12. The fourth-order valence-electron chi connectivity index (χ4n) is 2.24. The molecule has 0 radical (unpaired) electrons. The van der Waals surface area contributed by atoms with Crippen molar-refractivity contribution in [1.82, 2.24) is 4.90 Å². The molecule has 2 rings (SSSR count). The van der Waals surface area contributed by atoms with Crippen LogP contribution >= 0.6 is 0 Å². The summed E-state index contributed by atoms with van der Waals surface area (Å²) in [6.07, 6.45) is -4.56. The molecule has 164 valence electrons. The number of nitrogens with two attached hydrogens (primary N) is 1. The van der Waals surface area contributed by atoms with Crippen molar-refractivity contribution < 1.29 is 45.2 Å². The zero-order chi connectivity index (χ0) is 22.2. The van der Waals surface area contributed by atoms with Crippen LogP contribution in [-0.2, 0) is 30.4 Å². The normalized spacial score (nSPS) is 19.3. The molecule has 0 aromatic heterocycles. The fourth-order valence-corrected chi connectivity index (χ4v) is 2.67. The van der Waals surface area contributed by atoms with Gasteiger partial charge in [0.1, 0.15) is 6.61 Å². The lowest BCUT2D eigenvalue weighted by Gasteiger charge is -2.16. The molecule has 0 aliphatic carbocycles. The van der Waals surface area contributed by atoms with E-state index in [9.17, 15) is 26.4 Å². The van der Waals surface area contributed by atoms with E-state index in [0.717, 1.165) is 11.8 Å². The van der Waals surface area contributed by atoms with E-state index in [2.05, 4.69) is 0 Å². The SMILES string of the molecule is CS(=O)(=O)OC[C@H]1CN(C(=O)OCc2ccccc2)C[C@H]1N.O=C(O)C(F)(F)F. The van der Waals surface area contributed by atoms with E-state index in [1.165, 1.54) is 4.90 Å². The molecule has 1 saturated heterocycles. The average Bonchev–Trinajstić information content (AvgIpc) is 2.99. The van der Waals surface area contributed by atoms with Crippen LogP contribution in [0.2, 0.25) is 0 Å². The van der Waals surface area contributed by atoms with E-state index in [0.29, 0.717) is 13.1 Å². The van der Waals surface area contributed by atoms with Crippen LogP contribution in [0, 0.1) is 5.92 Å². The number of hydrogen-bond acceptors (Lipinski definition) is 7. The lowest BCUT2D eigenvalue weighted by molar-refractivity contribution is -0.192. The van der Waals surface area contributed by atoms with Crippen LogP contribution in [0.1, 0.15) is 5.56 Å². The minimum atomic E-state index is -5.08. The molecule has 1 aliphatic rings. The van der Waals surface area contributed by atoms with Gasteiger partial charge in [-0.05, 0) is 5.56 Å². The molecule has 0 saturated carbocycles. The summed E-state index contributed by atoms with van der Waals surface area (Å²) in [5.41, 5.74) is 6.82. The highest BCUT2D eigenvalue weighted by Gasteiger charge is 2.38. The van der Waals surface area contributed by atoms with E-state index >= 15 is 0 Å². The van der Waals surface area contributed by atoms with Crippen LogP contribution in [0.15, 0.2) is 30.3 Å². The number of hydrogen-bond donors (Lipinski definition) is 2. The molecule has 3 N–H and O–H groups in total. The van der Waals surface area contributed by atoms with E-state index in [1.54, 1.807) is 0 Å². The van der Waals surface area contributed by atoms with E-state index in [4.69, 9.17) is 24.6 Å². The molecule has 0 spiro atoms. The third-order valence-electron chi connectivity index (χ3n) is 3.69. The van der Waals surface area contributed by atoms with Gasteiger partial charge in [0.05, 0.1) is 12.9 Å². The smallest absolute Gasteiger partial charge is 0.475 e. The maximum Gasteiger partial charge on any atom is 0.490 e. The molecule has 1 aromatic carbocycles. The molecule has 1 aromatic rings. The Balaban J connectivity index is 0.000000516. The molecule has 0 unspecified atom stereocenters. The van der Waals surface area contributed by atoms with Crippen molar-refractivity contribution in [3.8, 4) is 0 Å². The number of alkyl halides is 3. The standard InChI is InChI=1S/C14H20N2O5S.C2HF3O2/c1-22(18,19)21-10-12-7-16(8-13(12)15)14(17)20-9-11-5-3-2-4-6-11;3-2(4,5)1(6)7/h2-6,12-13H,7-10,15H2,1H3;(H,6,7)/t12-,13-;/m1./s1. The first-order valence-corrected chi connectivity index (χ1v) is 9.97. The van der Waals surface area contributed by atoms with Gasteiger partial charge in [0.25, 0.3) is 10.1 Å². The van der Waals surface area contributed by atoms with Gasteiger partial charge in [-0.15, -0.1) is 0 Å². The second-order valence-corrected chi connectivity index (χ2v) is 7.80. The summed E-state index contributed by atoms with van der Waals surface area (Å²) in [6, 6.07) is 9.03. The Hall–Kier alpha value is -2.38. The van der Waals surface area contributed by atoms with Gasteiger partial charge in [-0.2, -0.15) is 21.6 Å². The topological polar surface area (TPSA) is 136 Å². The number of aliphatic carboxylic acids is 1. The van der Waals surface area contributed by atoms with E-state index in [1.807, 2.05) is 30.3 Å². The number of carbonyl (C=O) groups excluding carboxylic acids is 1. The number of nitrogens with zero attached hydrogens (tertiary/aromatic N) is 1. The summed E-state index contributed by atoms with van der Waals surface area (Å²) < 4.78 is 63.7. The Morgan fingerprint density at radius 1 is 1.24 bits per heavy atom. The number of rotatable bonds is 5. The summed E-state index contributed by atoms with van der Waals surface area (Å²) in [6.45, 7) is 0.814. The first-order chi connectivity index (χ1) is 13.3. The number of carbonyl (C=O) groups is 2.